The molecule has 1 amide bonds. The Morgan fingerprint density at radius 3 is 2.43 bits per heavy atom. The summed E-state index contributed by atoms with van der Waals surface area (Å²) < 4.78 is 25.4. The van der Waals surface area contributed by atoms with Gasteiger partial charge in [-0.05, 0) is 35.4 Å². The van der Waals surface area contributed by atoms with Crippen LogP contribution in [-0.2, 0) is 14.8 Å². The maximum Gasteiger partial charge on any atom is 0.240 e. The van der Waals surface area contributed by atoms with Gasteiger partial charge in [-0.3, -0.25) is 9.52 Å². The van der Waals surface area contributed by atoms with Crippen molar-refractivity contribution < 1.29 is 13.2 Å². The van der Waals surface area contributed by atoms with Gasteiger partial charge in [0.05, 0.1) is 18.0 Å². The Balaban J connectivity index is 1.89. The van der Waals surface area contributed by atoms with E-state index in [1.54, 1.807) is 18.2 Å². The maximum absolute atomic E-state index is 12.2. The standard InChI is InChI=1S/C20H24N4O3S/c1-14(25)24-20(15-8-10-18(11-9-15)23(2)3)13-19(21-24)16-6-5-7-17(12-16)22-28(4,26)27/h5-12,20,22H,13H2,1-4H3/t20-/m0/s1. The summed E-state index contributed by atoms with van der Waals surface area (Å²) in [6.45, 7) is 1.50. The second-order valence-electron chi connectivity index (χ2n) is 7.07. The van der Waals surface area contributed by atoms with E-state index in [1.165, 1.54) is 11.9 Å². The minimum atomic E-state index is -3.36. The molecule has 2 aromatic rings. The van der Waals surface area contributed by atoms with E-state index in [4.69, 9.17) is 0 Å². The van der Waals surface area contributed by atoms with E-state index in [2.05, 4.69) is 9.82 Å². The molecule has 28 heavy (non-hydrogen) atoms. The molecule has 3 rings (SSSR count). The second kappa shape index (κ2) is 7.63. The molecule has 0 saturated carbocycles. The predicted octanol–water partition coefficient (Wildman–Crippen LogP) is 2.82. The smallest absolute Gasteiger partial charge is 0.240 e. The number of nitrogens with one attached hydrogen (secondary N) is 1. The fraction of sp³-hybridized carbons (Fsp3) is 0.300. The number of nitrogens with zero attached hydrogens (tertiary/aromatic N) is 3. The van der Waals surface area contributed by atoms with Crippen LogP contribution in [-0.4, -0.2) is 45.4 Å². The first kappa shape index (κ1) is 19.9. The molecule has 0 saturated heterocycles. The van der Waals surface area contributed by atoms with Crippen molar-refractivity contribution in [1.29, 1.82) is 0 Å². The number of sulfonamides is 1. The molecule has 0 bridgehead atoms. The van der Waals surface area contributed by atoms with Crippen LogP contribution in [0.1, 0.15) is 30.5 Å². The first-order chi connectivity index (χ1) is 13.1. The Morgan fingerprint density at radius 2 is 1.86 bits per heavy atom. The molecule has 148 valence electrons. The van der Waals surface area contributed by atoms with Gasteiger partial charge in [-0.1, -0.05) is 24.3 Å². The molecule has 0 fully saturated rings. The number of rotatable bonds is 5. The lowest BCUT2D eigenvalue weighted by atomic mass is 9.98. The molecule has 7 nitrogen and oxygen atoms in total. The van der Waals surface area contributed by atoms with Crippen LogP contribution in [0.25, 0.3) is 0 Å². The molecule has 0 unspecified atom stereocenters. The maximum atomic E-state index is 12.2. The van der Waals surface area contributed by atoms with Crippen molar-refractivity contribution in [2.24, 2.45) is 5.10 Å². The van der Waals surface area contributed by atoms with Gasteiger partial charge >= 0.3 is 0 Å². The summed E-state index contributed by atoms with van der Waals surface area (Å²) in [5, 5.41) is 6.02. The summed E-state index contributed by atoms with van der Waals surface area (Å²) in [6.07, 6.45) is 1.67. The van der Waals surface area contributed by atoms with E-state index >= 15 is 0 Å². The molecule has 8 heteroatoms. The SMILES string of the molecule is CC(=O)N1N=C(c2cccc(NS(C)(=O)=O)c2)C[C@H]1c1ccc(N(C)C)cc1. The zero-order chi connectivity index (χ0) is 20.5. The average Bonchev–Trinajstić information content (AvgIpc) is 3.06. The summed E-state index contributed by atoms with van der Waals surface area (Å²) in [4.78, 5) is 14.2. The molecule has 0 aromatic heterocycles. The van der Waals surface area contributed by atoms with E-state index in [-0.39, 0.29) is 11.9 Å². The molecular weight excluding hydrogens is 376 g/mol. The lowest BCUT2D eigenvalue weighted by molar-refractivity contribution is -0.130. The quantitative estimate of drug-likeness (QED) is 0.837. The summed E-state index contributed by atoms with van der Waals surface area (Å²) >= 11 is 0. The Hall–Kier alpha value is -2.87. The molecular formula is C20H24N4O3S. The predicted molar refractivity (Wildman–Crippen MR) is 112 cm³/mol. The van der Waals surface area contributed by atoms with E-state index < -0.39 is 10.0 Å². The first-order valence-electron chi connectivity index (χ1n) is 8.87. The van der Waals surface area contributed by atoms with Gasteiger partial charge in [-0.25, -0.2) is 13.4 Å². The van der Waals surface area contributed by atoms with Crippen LogP contribution >= 0.6 is 0 Å². The highest BCUT2D eigenvalue weighted by molar-refractivity contribution is 7.92. The number of hydrogen-bond acceptors (Lipinski definition) is 5. The summed E-state index contributed by atoms with van der Waals surface area (Å²) in [6, 6.07) is 14.9. The Morgan fingerprint density at radius 1 is 1.18 bits per heavy atom. The number of carbonyl (C=O) groups excluding carboxylic acids is 1. The second-order valence-corrected chi connectivity index (χ2v) is 8.82. The Labute approximate surface area is 165 Å². The Kier molecular flexibility index (Phi) is 5.42. The van der Waals surface area contributed by atoms with Gasteiger partial charge in [0.15, 0.2) is 0 Å². The lowest BCUT2D eigenvalue weighted by Crippen LogP contribution is -2.24. The van der Waals surface area contributed by atoms with Crippen LogP contribution in [0.5, 0.6) is 0 Å². The largest absolute Gasteiger partial charge is 0.378 e. The third-order valence-electron chi connectivity index (χ3n) is 4.53. The molecule has 1 aliphatic heterocycles. The van der Waals surface area contributed by atoms with Crippen LogP contribution in [0, 0.1) is 0 Å². The highest BCUT2D eigenvalue weighted by atomic mass is 32.2. The molecule has 0 radical (unpaired) electrons. The molecule has 1 atom stereocenters. The summed E-state index contributed by atoms with van der Waals surface area (Å²) in [5.74, 6) is -0.137. The zero-order valence-corrected chi connectivity index (χ0v) is 17.2. The third-order valence-corrected chi connectivity index (χ3v) is 5.13. The minimum absolute atomic E-state index is 0.137. The third kappa shape index (κ3) is 4.51. The minimum Gasteiger partial charge on any atom is -0.378 e. The van der Waals surface area contributed by atoms with Crippen molar-refractivity contribution in [2.75, 3.05) is 30.0 Å². The van der Waals surface area contributed by atoms with Gasteiger partial charge in [0.2, 0.25) is 15.9 Å². The van der Waals surface area contributed by atoms with E-state index in [0.717, 1.165) is 28.8 Å². The van der Waals surface area contributed by atoms with Gasteiger partial charge in [0.25, 0.3) is 0 Å². The number of carbonyl (C=O) groups is 1. The molecule has 2 aromatic carbocycles. The van der Waals surface area contributed by atoms with E-state index in [0.29, 0.717) is 12.1 Å². The van der Waals surface area contributed by atoms with Crippen molar-refractivity contribution >= 4 is 33.0 Å². The topological polar surface area (TPSA) is 82.1 Å². The van der Waals surface area contributed by atoms with Gasteiger partial charge in [0, 0.05) is 38.8 Å². The van der Waals surface area contributed by atoms with Crippen LogP contribution in [0.3, 0.4) is 0 Å². The summed E-state index contributed by atoms with van der Waals surface area (Å²) in [5.41, 5.74) is 4.08. The van der Waals surface area contributed by atoms with Crippen molar-refractivity contribution in [3.63, 3.8) is 0 Å². The van der Waals surface area contributed by atoms with E-state index in [1.807, 2.05) is 49.3 Å². The molecule has 1 heterocycles. The fourth-order valence-corrected chi connectivity index (χ4v) is 3.76. The zero-order valence-electron chi connectivity index (χ0n) is 16.4. The molecule has 1 aliphatic rings. The van der Waals surface area contributed by atoms with Crippen molar-refractivity contribution in [1.82, 2.24) is 5.01 Å². The Bertz CT molecular complexity index is 1010. The molecule has 0 aliphatic carbocycles. The highest BCUT2D eigenvalue weighted by Gasteiger charge is 2.31. The number of amides is 1. The summed E-state index contributed by atoms with van der Waals surface area (Å²) in [7, 11) is 0.590. The monoisotopic (exact) mass is 400 g/mol. The normalized spacial score (nSPS) is 16.6. The van der Waals surface area contributed by atoms with Crippen LogP contribution in [0.2, 0.25) is 0 Å². The average molecular weight is 401 g/mol. The van der Waals surface area contributed by atoms with Crippen LogP contribution in [0.15, 0.2) is 53.6 Å². The number of hydrazone groups is 1. The number of anilines is 2. The highest BCUT2D eigenvalue weighted by Crippen LogP contribution is 2.34. The van der Waals surface area contributed by atoms with E-state index in [9.17, 15) is 13.2 Å². The number of benzene rings is 2. The first-order valence-corrected chi connectivity index (χ1v) is 10.8. The molecule has 0 spiro atoms. The van der Waals surface area contributed by atoms with Gasteiger partial charge in [0.1, 0.15) is 0 Å². The van der Waals surface area contributed by atoms with Crippen molar-refractivity contribution in [2.45, 2.75) is 19.4 Å². The van der Waals surface area contributed by atoms with Gasteiger partial charge in [-0.15, -0.1) is 0 Å². The molecule has 1 N–H and O–H groups in total. The lowest BCUT2D eigenvalue weighted by Gasteiger charge is -2.21. The fourth-order valence-electron chi connectivity index (χ4n) is 3.21. The van der Waals surface area contributed by atoms with Gasteiger partial charge < -0.3 is 4.90 Å². The van der Waals surface area contributed by atoms with Gasteiger partial charge in [-0.2, -0.15) is 5.10 Å². The van der Waals surface area contributed by atoms with Crippen molar-refractivity contribution in [3.05, 3.63) is 59.7 Å². The number of hydrogen-bond donors (Lipinski definition) is 1. The van der Waals surface area contributed by atoms with Crippen molar-refractivity contribution in [3.8, 4) is 0 Å². The van der Waals surface area contributed by atoms with Crippen LogP contribution < -0.4 is 9.62 Å². The van der Waals surface area contributed by atoms with Crippen LogP contribution in [0.4, 0.5) is 11.4 Å².